The highest BCUT2D eigenvalue weighted by molar-refractivity contribution is 5.83. The van der Waals surface area contributed by atoms with Crippen LogP contribution < -0.4 is 10.9 Å². The van der Waals surface area contributed by atoms with Gasteiger partial charge in [0.25, 0.3) is 5.56 Å². The van der Waals surface area contributed by atoms with Crippen LogP contribution in [0.15, 0.2) is 53.3 Å². The van der Waals surface area contributed by atoms with Crippen molar-refractivity contribution in [2.75, 3.05) is 13.1 Å². The van der Waals surface area contributed by atoms with Crippen molar-refractivity contribution < 1.29 is 14.7 Å². The molecule has 140 valence electrons. The van der Waals surface area contributed by atoms with E-state index in [1.54, 1.807) is 51.9 Å². The Balaban J connectivity index is 1.52. The van der Waals surface area contributed by atoms with Gasteiger partial charge in [-0.3, -0.25) is 4.79 Å². The Morgan fingerprint density at radius 3 is 2.56 bits per heavy atom. The Bertz CT molecular complexity index is 924. The van der Waals surface area contributed by atoms with Crippen molar-refractivity contribution in [3.63, 3.8) is 0 Å². The van der Waals surface area contributed by atoms with Crippen LogP contribution in [0.2, 0.25) is 0 Å². The van der Waals surface area contributed by atoms with Gasteiger partial charge in [-0.15, -0.1) is 0 Å². The topological polar surface area (TPSA) is 91.6 Å². The van der Waals surface area contributed by atoms with E-state index in [0.717, 1.165) is 12.1 Å². The quantitative estimate of drug-likeness (QED) is 0.865. The van der Waals surface area contributed by atoms with E-state index >= 15 is 0 Å². The number of carbonyl (C=O) groups is 2. The number of hydrogen-bond acceptors (Lipinski definition) is 3. The largest absolute Gasteiger partial charge is 0.479 e. The molecule has 1 aromatic carbocycles. The first-order chi connectivity index (χ1) is 13.0. The number of aromatic nitrogens is 1. The monoisotopic (exact) mass is 367 g/mol. The minimum Gasteiger partial charge on any atom is -0.479 e. The number of aliphatic carboxylic acids is 1. The first kappa shape index (κ1) is 17.3. The molecule has 7 nitrogen and oxygen atoms in total. The van der Waals surface area contributed by atoms with Crippen molar-refractivity contribution in [1.29, 1.82) is 0 Å². The molecule has 0 unspecified atom stereocenters. The van der Waals surface area contributed by atoms with Crippen LogP contribution in [0.25, 0.3) is 0 Å². The van der Waals surface area contributed by atoms with Crippen LogP contribution in [0.4, 0.5) is 4.79 Å². The normalized spacial score (nSPS) is 21.9. The standard InChI is InChI=1S/C20H21N3O4/c24-17-8-4-7-16-15-9-13(11-23(16)17)10-22(12-15)20(27)21-18(19(25)26)14-5-2-1-3-6-14/h1-8,13,15,18H,9-12H2,(H,21,27)(H,25,26)/t13-,15+,18-/m0/s1. The lowest BCUT2D eigenvalue weighted by atomic mass is 9.83. The fourth-order valence-corrected chi connectivity index (χ4v) is 4.21. The van der Waals surface area contributed by atoms with Gasteiger partial charge < -0.3 is 19.9 Å². The van der Waals surface area contributed by atoms with E-state index in [0.29, 0.717) is 25.2 Å². The van der Waals surface area contributed by atoms with E-state index < -0.39 is 12.0 Å². The summed E-state index contributed by atoms with van der Waals surface area (Å²) >= 11 is 0. The maximum Gasteiger partial charge on any atom is 0.330 e. The fourth-order valence-electron chi connectivity index (χ4n) is 4.21. The molecule has 2 aliphatic rings. The molecule has 1 saturated heterocycles. The fraction of sp³-hybridized carbons (Fsp3) is 0.350. The molecule has 1 fully saturated rings. The van der Waals surface area contributed by atoms with E-state index in [1.165, 1.54) is 0 Å². The van der Waals surface area contributed by atoms with Gasteiger partial charge in [-0.05, 0) is 24.0 Å². The number of piperidine rings is 1. The number of benzene rings is 1. The van der Waals surface area contributed by atoms with Gasteiger partial charge >= 0.3 is 12.0 Å². The Hall–Kier alpha value is -3.09. The van der Waals surface area contributed by atoms with Crippen LogP contribution in [0, 0.1) is 5.92 Å². The number of rotatable bonds is 3. The lowest BCUT2D eigenvalue weighted by Gasteiger charge is -2.42. The third-order valence-electron chi connectivity index (χ3n) is 5.41. The summed E-state index contributed by atoms with van der Waals surface area (Å²) in [5.74, 6) is -0.803. The molecule has 0 radical (unpaired) electrons. The van der Waals surface area contributed by atoms with Crippen molar-refractivity contribution >= 4 is 12.0 Å². The number of nitrogens with one attached hydrogen (secondary N) is 1. The number of carboxylic acid groups (broad SMARTS) is 1. The first-order valence-electron chi connectivity index (χ1n) is 9.06. The molecule has 2 bridgehead atoms. The smallest absolute Gasteiger partial charge is 0.330 e. The average Bonchev–Trinajstić information content (AvgIpc) is 2.67. The van der Waals surface area contributed by atoms with Crippen LogP contribution in [0.5, 0.6) is 0 Å². The van der Waals surface area contributed by atoms with Crippen molar-refractivity contribution in [3.05, 3.63) is 70.1 Å². The summed E-state index contributed by atoms with van der Waals surface area (Å²) in [6.07, 6.45) is 0.939. The molecule has 2 aliphatic heterocycles. The van der Waals surface area contributed by atoms with E-state index in [9.17, 15) is 19.5 Å². The molecule has 3 atom stereocenters. The van der Waals surface area contributed by atoms with Gasteiger partial charge in [0, 0.05) is 37.3 Å². The van der Waals surface area contributed by atoms with E-state index in [-0.39, 0.29) is 23.4 Å². The predicted molar refractivity (Wildman–Crippen MR) is 98.5 cm³/mol. The molecule has 0 aliphatic carbocycles. The lowest BCUT2D eigenvalue weighted by molar-refractivity contribution is -0.139. The Morgan fingerprint density at radius 1 is 1.04 bits per heavy atom. The number of nitrogens with zero attached hydrogens (tertiary/aromatic N) is 2. The van der Waals surface area contributed by atoms with Gasteiger partial charge in [0.2, 0.25) is 0 Å². The van der Waals surface area contributed by atoms with Gasteiger partial charge in [-0.2, -0.15) is 0 Å². The van der Waals surface area contributed by atoms with E-state index in [4.69, 9.17) is 0 Å². The van der Waals surface area contributed by atoms with Gasteiger partial charge in [0.1, 0.15) is 0 Å². The number of pyridine rings is 1. The summed E-state index contributed by atoms with van der Waals surface area (Å²) in [6, 6.07) is 12.5. The van der Waals surface area contributed by atoms with Crippen molar-refractivity contribution in [3.8, 4) is 0 Å². The van der Waals surface area contributed by atoms with Crippen LogP contribution in [0.1, 0.15) is 29.6 Å². The molecule has 27 heavy (non-hydrogen) atoms. The summed E-state index contributed by atoms with van der Waals surface area (Å²) in [4.78, 5) is 38.2. The van der Waals surface area contributed by atoms with Crippen molar-refractivity contribution in [1.82, 2.24) is 14.8 Å². The number of carboxylic acids is 1. The highest BCUT2D eigenvalue weighted by Crippen LogP contribution is 2.35. The van der Waals surface area contributed by atoms with E-state index in [2.05, 4.69) is 5.32 Å². The number of hydrogen-bond donors (Lipinski definition) is 2. The highest BCUT2D eigenvalue weighted by Gasteiger charge is 2.37. The van der Waals surface area contributed by atoms with Gasteiger partial charge in [-0.25, -0.2) is 9.59 Å². The Kier molecular flexibility index (Phi) is 4.43. The molecule has 0 saturated carbocycles. The number of carbonyl (C=O) groups excluding carboxylic acids is 1. The molecule has 2 aromatic rings. The summed E-state index contributed by atoms with van der Waals surface area (Å²) < 4.78 is 1.80. The summed E-state index contributed by atoms with van der Waals surface area (Å²) in [6.45, 7) is 1.59. The summed E-state index contributed by atoms with van der Waals surface area (Å²) in [5, 5.41) is 12.2. The maximum absolute atomic E-state index is 12.8. The molecule has 7 heteroatoms. The molecule has 3 heterocycles. The average molecular weight is 367 g/mol. The third kappa shape index (κ3) is 3.32. The molecule has 4 rings (SSSR count). The summed E-state index contributed by atoms with van der Waals surface area (Å²) in [7, 11) is 0. The SMILES string of the molecule is O=C(O)[C@@H](NC(=O)N1C[C@@H]2C[C@H](C1)c1cccc(=O)n1C2)c1ccccc1. The zero-order valence-electron chi connectivity index (χ0n) is 14.7. The highest BCUT2D eigenvalue weighted by atomic mass is 16.4. The minimum absolute atomic E-state index is 0.00452. The minimum atomic E-state index is -1.09. The third-order valence-corrected chi connectivity index (χ3v) is 5.41. The zero-order valence-corrected chi connectivity index (χ0v) is 14.7. The van der Waals surface area contributed by atoms with Gasteiger partial charge in [0.05, 0.1) is 0 Å². The number of likely N-dealkylation sites (tertiary alicyclic amines) is 1. The van der Waals surface area contributed by atoms with Crippen LogP contribution in [-0.2, 0) is 11.3 Å². The Labute approximate surface area is 156 Å². The molecular formula is C20H21N3O4. The second-order valence-corrected chi connectivity index (χ2v) is 7.23. The van der Waals surface area contributed by atoms with Crippen LogP contribution in [-0.4, -0.2) is 39.7 Å². The number of urea groups is 1. The summed E-state index contributed by atoms with van der Waals surface area (Å²) in [5.41, 5.74) is 1.48. The molecular weight excluding hydrogens is 346 g/mol. The van der Waals surface area contributed by atoms with Crippen molar-refractivity contribution in [2.24, 2.45) is 5.92 Å². The second kappa shape index (κ2) is 6.90. The van der Waals surface area contributed by atoms with E-state index in [1.807, 2.05) is 6.07 Å². The lowest BCUT2D eigenvalue weighted by Crippen LogP contribution is -2.52. The maximum atomic E-state index is 12.8. The van der Waals surface area contributed by atoms with Crippen LogP contribution >= 0.6 is 0 Å². The van der Waals surface area contributed by atoms with Crippen molar-refractivity contribution in [2.45, 2.75) is 24.9 Å². The molecule has 2 amide bonds. The van der Waals surface area contributed by atoms with Crippen LogP contribution in [0.3, 0.4) is 0 Å². The zero-order chi connectivity index (χ0) is 19.0. The van der Waals surface area contributed by atoms with Gasteiger partial charge in [0.15, 0.2) is 6.04 Å². The first-order valence-corrected chi connectivity index (χ1v) is 9.06. The van der Waals surface area contributed by atoms with Gasteiger partial charge in [-0.1, -0.05) is 36.4 Å². The molecule has 1 aromatic heterocycles. The second-order valence-electron chi connectivity index (χ2n) is 7.23. The predicted octanol–water partition coefficient (Wildman–Crippen LogP) is 1.80. The number of fused-ring (bicyclic) bond motifs is 4. The number of amides is 2. The molecule has 2 N–H and O–H groups in total. The molecule has 0 spiro atoms. The Morgan fingerprint density at radius 2 is 1.81 bits per heavy atom.